The molecule has 184 valence electrons. The molecular formula is C19H35N5O8. The van der Waals surface area contributed by atoms with E-state index in [4.69, 9.17) is 16.6 Å². The third kappa shape index (κ3) is 10.5. The van der Waals surface area contributed by atoms with Gasteiger partial charge in [-0.05, 0) is 31.7 Å². The lowest BCUT2D eigenvalue weighted by Gasteiger charge is -2.25. The van der Waals surface area contributed by atoms with Crippen LogP contribution in [0.4, 0.5) is 0 Å². The van der Waals surface area contributed by atoms with Crippen molar-refractivity contribution >= 4 is 29.7 Å². The van der Waals surface area contributed by atoms with Crippen LogP contribution in [0, 0.1) is 5.92 Å². The maximum atomic E-state index is 12.7. The molecule has 0 aliphatic heterocycles. The van der Waals surface area contributed by atoms with E-state index >= 15 is 0 Å². The Hall–Kier alpha value is -2.77. The molecule has 3 amide bonds. The molecule has 0 aromatic rings. The highest BCUT2D eigenvalue weighted by Crippen LogP contribution is 2.08. The minimum atomic E-state index is -1.46. The van der Waals surface area contributed by atoms with E-state index in [0.29, 0.717) is 25.8 Å². The van der Waals surface area contributed by atoms with Crippen LogP contribution in [0.2, 0.25) is 0 Å². The smallest absolute Gasteiger partial charge is 0.326 e. The van der Waals surface area contributed by atoms with E-state index in [0.717, 1.165) is 0 Å². The summed E-state index contributed by atoms with van der Waals surface area (Å²) in [5, 5.41) is 34.5. The van der Waals surface area contributed by atoms with Crippen molar-refractivity contribution in [2.45, 2.75) is 70.1 Å². The molecule has 0 aromatic heterocycles. The molecule has 0 spiro atoms. The van der Waals surface area contributed by atoms with Crippen LogP contribution in [-0.2, 0) is 24.0 Å². The number of carboxylic acid groups (broad SMARTS) is 2. The molecule has 0 radical (unpaired) electrons. The zero-order valence-electron chi connectivity index (χ0n) is 18.4. The summed E-state index contributed by atoms with van der Waals surface area (Å²) in [6, 6.07) is -5.23. The molecule has 0 fully saturated rings. The number of nitrogens with two attached hydrogens (primary N) is 2. The summed E-state index contributed by atoms with van der Waals surface area (Å²) in [4.78, 5) is 59.4. The molecule has 0 aliphatic rings. The summed E-state index contributed by atoms with van der Waals surface area (Å²) in [6.07, 6.45) is 0.934. The predicted octanol–water partition coefficient (Wildman–Crippen LogP) is -2.51. The SMILES string of the molecule is CCC(C)C(NC(=O)C(CO)NC(=O)C(CCCCN)NC(=O)C(N)CC(=O)O)C(=O)O. The van der Waals surface area contributed by atoms with Crippen molar-refractivity contribution < 1.29 is 39.3 Å². The van der Waals surface area contributed by atoms with Crippen molar-refractivity contribution in [2.75, 3.05) is 13.2 Å². The van der Waals surface area contributed by atoms with Crippen LogP contribution in [0.15, 0.2) is 0 Å². The third-order valence-electron chi connectivity index (χ3n) is 4.90. The van der Waals surface area contributed by atoms with E-state index in [-0.39, 0.29) is 6.42 Å². The number of rotatable bonds is 16. The Bertz CT molecular complexity index is 660. The first-order chi connectivity index (χ1) is 15.0. The van der Waals surface area contributed by atoms with Crippen molar-refractivity contribution in [1.82, 2.24) is 16.0 Å². The summed E-state index contributed by atoms with van der Waals surface area (Å²) in [5.41, 5.74) is 11.0. The average Bonchev–Trinajstić information content (AvgIpc) is 2.73. The molecule has 13 heteroatoms. The number of aliphatic hydroxyl groups is 1. The summed E-state index contributed by atoms with van der Waals surface area (Å²) >= 11 is 0. The van der Waals surface area contributed by atoms with Crippen LogP contribution in [0.25, 0.3) is 0 Å². The van der Waals surface area contributed by atoms with E-state index in [1.54, 1.807) is 13.8 Å². The zero-order chi connectivity index (χ0) is 24.8. The molecule has 5 unspecified atom stereocenters. The average molecular weight is 462 g/mol. The second-order valence-corrected chi connectivity index (χ2v) is 7.50. The van der Waals surface area contributed by atoms with Crippen molar-refractivity contribution in [3.05, 3.63) is 0 Å². The highest BCUT2D eigenvalue weighted by Gasteiger charge is 2.31. The summed E-state index contributed by atoms with van der Waals surface area (Å²) in [6.45, 7) is 2.91. The van der Waals surface area contributed by atoms with E-state index < -0.39 is 72.8 Å². The molecule has 32 heavy (non-hydrogen) atoms. The van der Waals surface area contributed by atoms with Crippen molar-refractivity contribution in [2.24, 2.45) is 17.4 Å². The van der Waals surface area contributed by atoms with Crippen molar-refractivity contribution in [3.63, 3.8) is 0 Å². The largest absolute Gasteiger partial charge is 0.481 e. The number of unbranched alkanes of at least 4 members (excludes halogenated alkanes) is 1. The highest BCUT2D eigenvalue weighted by atomic mass is 16.4. The van der Waals surface area contributed by atoms with Gasteiger partial charge in [0.05, 0.1) is 19.1 Å². The lowest BCUT2D eigenvalue weighted by atomic mass is 9.99. The molecule has 0 heterocycles. The fourth-order valence-corrected chi connectivity index (χ4v) is 2.72. The predicted molar refractivity (Wildman–Crippen MR) is 113 cm³/mol. The van der Waals surface area contributed by atoms with E-state index in [1.165, 1.54) is 0 Å². The van der Waals surface area contributed by atoms with Crippen LogP contribution in [0.3, 0.4) is 0 Å². The number of nitrogens with one attached hydrogen (secondary N) is 3. The fraction of sp³-hybridized carbons (Fsp3) is 0.737. The minimum absolute atomic E-state index is 0.124. The van der Waals surface area contributed by atoms with Gasteiger partial charge in [0.1, 0.15) is 18.1 Å². The first-order valence-corrected chi connectivity index (χ1v) is 10.4. The lowest BCUT2D eigenvalue weighted by molar-refractivity contribution is -0.144. The molecule has 13 nitrogen and oxygen atoms in total. The van der Waals surface area contributed by atoms with Gasteiger partial charge in [0, 0.05) is 0 Å². The van der Waals surface area contributed by atoms with Gasteiger partial charge in [0.15, 0.2) is 0 Å². The highest BCUT2D eigenvalue weighted by molar-refractivity contribution is 5.94. The number of aliphatic carboxylic acids is 2. The topological polar surface area (TPSA) is 234 Å². The molecule has 0 aromatic carbocycles. The van der Waals surface area contributed by atoms with Gasteiger partial charge in [-0.15, -0.1) is 0 Å². The maximum Gasteiger partial charge on any atom is 0.326 e. The number of amides is 3. The molecule has 5 atom stereocenters. The Labute approximate surface area is 186 Å². The van der Waals surface area contributed by atoms with E-state index in [1.807, 2.05) is 0 Å². The van der Waals surface area contributed by atoms with Gasteiger partial charge >= 0.3 is 11.9 Å². The maximum absolute atomic E-state index is 12.7. The molecule has 0 bridgehead atoms. The first kappa shape index (κ1) is 29.2. The Kier molecular flexibility index (Phi) is 13.8. The molecular weight excluding hydrogens is 426 g/mol. The van der Waals surface area contributed by atoms with E-state index in [9.17, 15) is 34.2 Å². The van der Waals surface area contributed by atoms with Gasteiger partial charge in [0.25, 0.3) is 0 Å². The van der Waals surface area contributed by atoms with Gasteiger partial charge in [-0.3, -0.25) is 19.2 Å². The van der Waals surface area contributed by atoms with E-state index in [2.05, 4.69) is 16.0 Å². The molecule has 0 saturated carbocycles. The summed E-state index contributed by atoms with van der Waals surface area (Å²) in [7, 11) is 0. The molecule has 10 N–H and O–H groups in total. The number of carboxylic acids is 2. The standard InChI is InChI=1S/C19H35N5O8/c1-3-10(2)15(19(31)32)24-18(30)13(9-25)23-17(29)12(6-4-5-7-20)22-16(28)11(21)8-14(26)27/h10-13,15,25H,3-9,20-21H2,1-2H3,(H,22,28)(H,23,29)(H,24,30)(H,26,27)(H,31,32). The lowest BCUT2D eigenvalue weighted by Crippen LogP contribution is -2.58. The second-order valence-electron chi connectivity index (χ2n) is 7.50. The van der Waals surface area contributed by atoms with Gasteiger partial charge in [-0.1, -0.05) is 20.3 Å². The number of hydrogen-bond acceptors (Lipinski definition) is 8. The summed E-state index contributed by atoms with van der Waals surface area (Å²) < 4.78 is 0. The van der Waals surface area contributed by atoms with Crippen LogP contribution in [0.1, 0.15) is 46.0 Å². The molecule has 0 saturated heterocycles. The molecule has 0 rings (SSSR count). The Morgan fingerprint density at radius 1 is 0.906 bits per heavy atom. The Morgan fingerprint density at radius 2 is 1.47 bits per heavy atom. The van der Waals surface area contributed by atoms with Gasteiger partial charge in [0.2, 0.25) is 17.7 Å². The van der Waals surface area contributed by atoms with Gasteiger partial charge in [-0.25, -0.2) is 4.79 Å². The van der Waals surface area contributed by atoms with Crippen LogP contribution >= 0.6 is 0 Å². The monoisotopic (exact) mass is 461 g/mol. The molecule has 0 aliphatic carbocycles. The number of carbonyl (C=O) groups excluding carboxylic acids is 3. The second kappa shape index (κ2) is 15.1. The van der Waals surface area contributed by atoms with Gasteiger partial charge in [-0.2, -0.15) is 0 Å². The van der Waals surface area contributed by atoms with Gasteiger partial charge < -0.3 is 42.7 Å². The van der Waals surface area contributed by atoms with Crippen molar-refractivity contribution in [3.8, 4) is 0 Å². The fourth-order valence-electron chi connectivity index (χ4n) is 2.72. The summed E-state index contributed by atoms with van der Waals surface area (Å²) in [5.74, 6) is -5.53. The number of aliphatic hydroxyl groups excluding tert-OH is 1. The van der Waals surface area contributed by atoms with Crippen LogP contribution in [-0.4, -0.2) is 82.3 Å². The Morgan fingerprint density at radius 3 is 1.94 bits per heavy atom. The third-order valence-corrected chi connectivity index (χ3v) is 4.90. The quantitative estimate of drug-likeness (QED) is 0.112. The van der Waals surface area contributed by atoms with Crippen molar-refractivity contribution in [1.29, 1.82) is 0 Å². The zero-order valence-corrected chi connectivity index (χ0v) is 18.4. The first-order valence-electron chi connectivity index (χ1n) is 10.4. The number of hydrogen-bond donors (Lipinski definition) is 8. The van der Waals surface area contributed by atoms with Crippen LogP contribution in [0.5, 0.6) is 0 Å². The number of carbonyl (C=O) groups is 5. The minimum Gasteiger partial charge on any atom is -0.481 e. The Balaban J connectivity index is 5.29. The van der Waals surface area contributed by atoms with Crippen LogP contribution < -0.4 is 27.4 Å². The normalized spacial score (nSPS) is 15.5.